The van der Waals surface area contributed by atoms with Gasteiger partial charge in [0, 0.05) is 36.1 Å². The third-order valence-corrected chi connectivity index (χ3v) is 6.59. The van der Waals surface area contributed by atoms with Crippen LogP contribution in [0.1, 0.15) is 55.5 Å². The number of rotatable bonds is 7. The number of carboxylic acids is 1. The molecule has 1 amide bonds. The van der Waals surface area contributed by atoms with Crippen molar-refractivity contribution in [3.63, 3.8) is 0 Å². The largest absolute Gasteiger partial charge is 0.481 e. The van der Waals surface area contributed by atoms with Crippen LogP contribution >= 0.6 is 0 Å². The van der Waals surface area contributed by atoms with E-state index in [1.54, 1.807) is 0 Å². The zero-order chi connectivity index (χ0) is 23.6. The minimum Gasteiger partial charge on any atom is -0.481 e. The molecule has 1 aliphatic heterocycles. The molecular formula is C27H29N3O3. The first-order valence-corrected chi connectivity index (χ1v) is 11.3. The minimum atomic E-state index is -0.831. The van der Waals surface area contributed by atoms with E-state index < -0.39 is 11.4 Å². The number of carbonyl (C=O) groups excluding carboxylic acids is 1. The van der Waals surface area contributed by atoms with Crippen LogP contribution < -0.4 is 0 Å². The number of carboxylic acid groups (broad SMARTS) is 1. The summed E-state index contributed by atoms with van der Waals surface area (Å²) in [6, 6.07) is 18.2. The van der Waals surface area contributed by atoms with Gasteiger partial charge in [0.1, 0.15) is 0 Å². The van der Waals surface area contributed by atoms with Gasteiger partial charge in [-0.05, 0) is 47.6 Å². The summed E-state index contributed by atoms with van der Waals surface area (Å²) < 4.78 is 2.29. The fourth-order valence-electron chi connectivity index (χ4n) is 4.76. The number of nitrogens with zero attached hydrogens (tertiary/aromatic N) is 3. The Labute approximate surface area is 194 Å². The lowest BCUT2D eigenvalue weighted by atomic mass is 9.84. The molecule has 0 unspecified atom stereocenters. The molecule has 2 aromatic carbocycles. The topological polar surface area (TPSA) is 86.3 Å². The minimum absolute atomic E-state index is 0.0588. The van der Waals surface area contributed by atoms with Crippen LogP contribution in [0, 0.1) is 16.7 Å². The highest BCUT2D eigenvalue weighted by atomic mass is 16.4. The Bertz CT molecular complexity index is 1230. The summed E-state index contributed by atoms with van der Waals surface area (Å²) in [5.41, 5.74) is 4.95. The standard InChI is InChI=1S/C27H29N3O3/c1-27(2,15-26(32)33)13-11-25(31)29-14-12-22-21-5-3-4-6-23(21)30(24(22)18-29)17-20-9-7-19(16-28)8-10-20/h3-10H,11-15,17-18H2,1-2H3,(H,32,33). The summed E-state index contributed by atoms with van der Waals surface area (Å²) in [5, 5.41) is 19.4. The quantitative estimate of drug-likeness (QED) is 0.572. The molecule has 0 fully saturated rings. The molecule has 0 saturated carbocycles. The van der Waals surface area contributed by atoms with Crippen molar-refractivity contribution in [3.05, 3.63) is 70.9 Å². The fourth-order valence-corrected chi connectivity index (χ4v) is 4.76. The Morgan fingerprint density at radius 1 is 1.12 bits per heavy atom. The van der Waals surface area contributed by atoms with Gasteiger partial charge in [-0.25, -0.2) is 0 Å². The lowest BCUT2D eigenvalue weighted by Gasteiger charge is -2.30. The van der Waals surface area contributed by atoms with Crippen LogP contribution in [-0.2, 0) is 29.1 Å². The SMILES string of the molecule is CC(C)(CCC(=O)N1CCc2c(n(Cc3ccc(C#N)cc3)c3ccccc23)C1)CC(=O)O. The molecule has 4 rings (SSSR count). The molecular weight excluding hydrogens is 414 g/mol. The van der Waals surface area contributed by atoms with Crippen LogP contribution in [0.15, 0.2) is 48.5 Å². The van der Waals surface area contributed by atoms with E-state index in [0.717, 1.165) is 23.2 Å². The average molecular weight is 444 g/mol. The lowest BCUT2D eigenvalue weighted by Crippen LogP contribution is -2.37. The van der Waals surface area contributed by atoms with Crippen LogP contribution in [0.3, 0.4) is 0 Å². The maximum absolute atomic E-state index is 13.0. The summed E-state index contributed by atoms with van der Waals surface area (Å²) in [7, 11) is 0. The van der Waals surface area contributed by atoms with Crippen molar-refractivity contribution in [2.45, 2.75) is 52.6 Å². The Balaban J connectivity index is 1.57. The zero-order valence-electron chi connectivity index (χ0n) is 19.2. The highest BCUT2D eigenvalue weighted by Crippen LogP contribution is 2.33. The van der Waals surface area contributed by atoms with E-state index in [-0.39, 0.29) is 12.3 Å². The van der Waals surface area contributed by atoms with E-state index in [2.05, 4.69) is 28.8 Å². The fraction of sp³-hybridized carbons (Fsp3) is 0.370. The van der Waals surface area contributed by atoms with Gasteiger partial charge >= 0.3 is 5.97 Å². The first-order valence-electron chi connectivity index (χ1n) is 11.3. The van der Waals surface area contributed by atoms with E-state index in [9.17, 15) is 9.59 Å². The number of hydrogen-bond donors (Lipinski definition) is 1. The van der Waals surface area contributed by atoms with Gasteiger partial charge in [0.15, 0.2) is 0 Å². The third-order valence-electron chi connectivity index (χ3n) is 6.59. The number of para-hydroxylation sites is 1. The maximum atomic E-state index is 13.0. The summed E-state index contributed by atoms with van der Waals surface area (Å²) in [5.74, 6) is -0.753. The number of carbonyl (C=O) groups is 2. The molecule has 2 heterocycles. The van der Waals surface area contributed by atoms with E-state index >= 15 is 0 Å². The molecule has 170 valence electrons. The van der Waals surface area contributed by atoms with Crippen LogP contribution in [0.4, 0.5) is 0 Å². The lowest BCUT2D eigenvalue weighted by molar-refractivity contribution is -0.140. The second-order valence-corrected chi connectivity index (χ2v) is 9.64. The molecule has 0 saturated heterocycles. The second kappa shape index (κ2) is 9.11. The van der Waals surface area contributed by atoms with Gasteiger partial charge in [-0.3, -0.25) is 9.59 Å². The summed E-state index contributed by atoms with van der Waals surface area (Å²) >= 11 is 0. The smallest absolute Gasteiger partial charge is 0.303 e. The Hall–Kier alpha value is -3.59. The molecule has 6 nitrogen and oxygen atoms in total. The summed E-state index contributed by atoms with van der Waals surface area (Å²) in [6.07, 6.45) is 1.77. The van der Waals surface area contributed by atoms with Crippen LogP contribution in [0.5, 0.6) is 0 Å². The number of benzene rings is 2. The molecule has 3 aromatic rings. The number of fused-ring (bicyclic) bond motifs is 3. The molecule has 0 bridgehead atoms. The summed E-state index contributed by atoms with van der Waals surface area (Å²) in [6.45, 7) is 5.71. The van der Waals surface area contributed by atoms with Crippen LogP contribution in [-0.4, -0.2) is 33.0 Å². The molecule has 1 aliphatic rings. The van der Waals surface area contributed by atoms with E-state index in [0.29, 0.717) is 38.0 Å². The van der Waals surface area contributed by atoms with Crippen molar-refractivity contribution < 1.29 is 14.7 Å². The van der Waals surface area contributed by atoms with Gasteiger partial charge in [0.05, 0.1) is 24.6 Å². The van der Waals surface area contributed by atoms with Crippen molar-refractivity contribution in [2.24, 2.45) is 5.41 Å². The van der Waals surface area contributed by atoms with E-state index in [1.165, 1.54) is 10.9 Å². The number of amides is 1. The molecule has 0 spiro atoms. The van der Waals surface area contributed by atoms with E-state index in [4.69, 9.17) is 10.4 Å². The van der Waals surface area contributed by atoms with E-state index in [1.807, 2.05) is 49.1 Å². The molecule has 33 heavy (non-hydrogen) atoms. The normalized spacial score (nSPS) is 13.5. The zero-order valence-corrected chi connectivity index (χ0v) is 19.2. The first kappa shape index (κ1) is 22.6. The van der Waals surface area contributed by atoms with Gasteiger partial charge in [0.2, 0.25) is 5.91 Å². The highest BCUT2D eigenvalue weighted by Gasteiger charge is 2.28. The Kier molecular flexibility index (Phi) is 6.24. The molecule has 0 radical (unpaired) electrons. The number of nitriles is 1. The Morgan fingerprint density at radius 2 is 1.85 bits per heavy atom. The molecule has 1 aromatic heterocycles. The number of hydrogen-bond acceptors (Lipinski definition) is 3. The first-order chi connectivity index (χ1) is 15.8. The molecule has 1 N–H and O–H groups in total. The highest BCUT2D eigenvalue weighted by molar-refractivity contribution is 5.86. The van der Waals surface area contributed by atoms with Gasteiger partial charge in [0.25, 0.3) is 0 Å². The maximum Gasteiger partial charge on any atom is 0.303 e. The predicted octanol–water partition coefficient (Wildman–Crippen LogP) is 4.73. The Morgan fingerprint density at radius 3 is 2.55 bits per heavy atom. The van der Waals surface area contributed by atoms with Crippen LogP contribution in [0.25, 0.3) is 10.9 Å². The van der Waals surface area contributed by atoms with Crippen molar-refractivity contribution >= 4 is 22.8 Å². The molecule has 0 aliphatic carbocycles. The van der Waals surface area contributed by atoms with Gasteiger partial charge in [-0.1, -0.05) is 44.2 Å². The van der Waals surface area contributed by atoms with Crippen molar-refractivity contribution in [3.8, 4) is 6.07 Å². The average Bonchev–Trinajstić information content (AvgIpc) is 3.10. The number of aromatic nitrogens is 1. The van der Waals surface area contributed by atoms with Crippen molar-refractivity contribution in [1.29, 1.82) is 5.26 Å². The molecule has 0 atom stereocenters. The van der Waals surface area contributed by atoms with Gasteiger partial charge in [-0.15, -0.1) is 0 Å². The summed E-state index contributed by atoms with van der Waals surface area (Å²) in [4.78, 5) is 26.0. The predicted molar refractivity (Wildman–Crippen MR) is 127 cm³/mol. The third kappa shape index (κ3) is 4.93. The van der Waals surface area contributed by atoms with Crippen molar-refractivity contribution in [1.82, 2.24) is 9.47 Å². The van der Waals surface area contributed by atoms with Crippen molar-refractivity contribution in [2.75, 3.05) is 6.54 Å². The van der Waals surface area contributed by atoms with Gasteiger partial charge in [-0.2, -0.15) is 5.26 Å². The number of aliphatic carboxylic acids is 1. The second-order valence-electron chi connectivity index (χ2n) is 9.64. The van der Waals surface area contributed by atoms with Gasteiger partial charge < -0.3 is 14.6 Å². The molecule has 6 heteroatoms. The monoisotopic (exact) mass is 443 g/mol. The van der Waals surface area contributed by atoms with Crippen LogP contribution in [0.2, 0.25) is 0 Å².